The van der Waals surface area contributed by atoms with Crippen molar-refractivity contribution in [2.45, 2.75) is 18.2 Å². The lowest BCUT2D eigenvalue weighted by atomic mass is 10.1. The lowest BCUT2D eigenvalue weighted by Crippen LogP contribution is -2.09. The first-order chi connectivity index (χ1) is 7.47. The van der Waals surface area contributed by atoms with Crippen molar-refractivity contribution in [2.24, 2.45) is 0 Å². The van der Waals surface area contributed by atoms with Gasteiger partial charge in [-0.15, -0.1) is 0 Å². The van der Waals surface area contributed by atoms with Crippen LogP contribution < -0.4 is 0 Å². The van der Waals surface area contributed by atoms with E-state index in [0.717, 1.165) is 0 Å². The minimum absolute atomic E-state index is 0.0812. The number of ketones is 1. The number of carbonyl (C=O) groups is 1. The highest BCUT2D eigenvalue weighted by Crippen LogP contribution is 2.23. The highest BCUT2D eigenvalue weighted by atomic mass is 35.5. The normalized spacial score (nSPS) is 10.5. The van der Waals surface area contributed by atoms with Gasteiger partial charge in [-0.1, -0.05) is 42.3 Å². The van der Waals surface area contributed by atoms with E-state index in [4.69, 9.17) is 23.2 Å². The number of nitrogens with zero attached hydrogens (tertiary/aromatic N) is 1. The van der Waals surface area contributed by atoms with Crippen molar-refractivity contribution < 1.29 is 9.72 Å². The van der Waals surface area contributed by atoms with Gasteiger partial charge in [0.1, 0.15) is 0 Å². The van der Waals surface area contributed by atoms with E-state index in [1.165, 1.54) is 12.1 Å². The summed E-state index contributed by atoms with van der Waals surface area (Å²) in [5.74, 6) is -0.533. The lowest BCUT2D eigenvalue weighted by Gasteiger charge is -2.04. The molecule has 0 heterocycles. The van der Waals surface area contributed by atoms with Gasteiger partial charge in [-0.25, -0.2) is 0 Å². The largest absolute Gasteiger partial charge is 0.291 e. The van der Waals surface area contributed by atoms with Crippen molar-refractivity contribution in [1.29, 1.82) is 0 Å². The Bertz CT molecular complexity index is 432. The molecule has 0 saturated carbocycles. The second-order valence-corrected chi connectivity index (χ2v) is 4.22. The molecule has 0 fully saturated rings. The van der Waals surface area contributed by atoms with E-state index in [1.54, 1.807) is 13.0 Å². The van der Waals surface area contributed by atoms with Gasteiger partial charge >= 0.3 is 0 Å². The second-order valence-electron chi connectivity index (χ2n) is 3.12. The number of hydrogen-bond donors (Lipinski definition) is 0. The molecule has 1 aromatic carbocycles. The van der Waals surface area contributed by atoms with Crippen LogP contribution in [0.4, 0.5) is 5.69 Å². The Morgan fingerprint density at radius 3 is 2.56 bits per heavy atom. The topological polar surface area (TPSA) is 60.2 Å². The maximum absolute atomic E-state index is 11.4. The highest BCUT2D eigenvalue weighted by molar-refractivity contribution is 6.55. The summed E-state index contributed by atoms with van der Waals surface area (Å²) in [6, 6.07) is 4.24. The summed E-state index contributed by atoms with van der Waals surface area (Å²) >= 11 is 10.8. The molecule has 0 bridgehead atoms. The quantitative estimate of drug-likeness (QED) is 0.362. The standard InChI is InChI=1S/C10H9Cl2NO3/c1-2-6-3-4-7(9(14)10(11)12)5-8(6)13(15)16/h3-5,10H,2H2,1H3. The number of halogens is 2. The highest BCUT2D eigenvalue weighted by Gasteiger charge is 2.19. The molecule has 4 nitrogen and oxygen atoms in total. The summed E-state index contributed by atoms with van der Waals surface area (Å²) in [6.45, 7) is 1.80. The molecule has 86 valence electrons. The molecule has 6 heteroatoms. The predicted octanol–water partition coefficient (Wildman–Crippen LogP) is 3.14. The number of carbonyl (C=O) groups excluding carboxylic acids is 1. The number of nitro benzene ring substituents is 1. The Labute approximate surface area is 102 Å². The molecule has 0 unspecified atom stereocenters. The molecule has 0 aliphatic heterocycles. The number of alkyl halides is 2. The summed E-state index contributed by atoms with van der Waals surface area (Å²) in [7, 11) is 0. The zero-order valence-electron chi connectivity index (χ0n) is 8.44. The molecule has 0 aliphatic carbocycles. The van der Waals surface area contributed by atoms with Gasteiger partial charge in [0.05, 0.1) is 4.92 Å². The van der Waals surface area contributed by atoms with E-state index in [1.807, 2.05) is 0 Å². The van der Waals surface area contributed by atoms with Crippen LogP contribution in [0.25, 0.3) is 0 Å². The van der Waals surface area contributed by atoms with Crippen LogP contribution in [0.2, 0.25) is 0 Å². The fraction of sp³-hybridized carbons (Fsp3) is 0.300. The van der Waals surface area contributed by atoms with Gasteiger partial charge in [0, 0.05) is 17.2 Å². The van der Waals surface area contributed by atoms with E-state index >= 15 is 0 Å². The number of nitro groups is 1. The van der Waals surface area contributed by atoms with Crippen LogP contribution in [0, 0.1) is 10.1 Å². The van der Waals surface area contributed by atoms with Crippen molar-refractivity contribution in [3.63, 3.8) is 0 Å². The number of benzene rings is 1. The van der Waals surface area contributed by atoms with Crippen molar-refractivity contribution in [1.82, 2.24) is 0 Å². The Balaban J connectivity index is 3.22. The third-order valence-corrected chi connectivity index (χ3v) is 2.54. The lowest BCUT2D eigenvalue weighted by molar-refractivity contribution is -0.385. The molecular formula is C10H9Cl2NO3. The average molecular weight is 262 g/mol. The monoisotopic (exact) mass is 261 g/mol. The molecule has 0 N–H and O–H groups in total. The zero-order chi connectivity index (χ0) is 12.3. The van der Waals surface area contributed by atoms with Gasteiger partial charge in [-0.05, 0) is 6.42 Å². The van der Waals surface area contributed by atoms with E-state index in [-0.39, 0.29) is 11.3 Å². The number of Topliss-reactive ketones (excluding diaryl/α,β-unsaturated/α-hetero) is 1. The van der Waals surface area contributed by atoms with Gasteiger partial charge in [0.25, 0.3) is 5.69 Å². The minimum atomic E-state index is -1.20. The van der Waals surface area contributed by atoms with E-state index in [2.05, 4.69) is 0 Å². The molecule has 0 saturated heterocycles. The third-order valence-electron chi connectivity index (χ3n) is 2.15. The first-order valence-electron chi connectivity index (χ1n) is 4.57. The van der Waals surface area contributed by atoms with Crippen LogP contribution in [-0.2, 0) is 6.42 Å². The van der Waals surface area contributed by atoms with Crippen LogP contribution in [0.3, 0.4) is 0 Å². The number of rotatable bonds is 4. The van der Waals surface area contributed by atoms with Crippen LogP contribution in [0.5, 0.6) is 0 Å². The number of aryl methyl sites for hydroxylation is 1. The molecular weight excluding hydrogens is 253 g/mol. The fourth-order valence-corrected chi connectivity index (χ4v) is 1.56. The van der Waals surface area contributed by atoms with Gasteiger partial charge in [-0.2, -0.15) is 0 Å². The van der Waals surface area contributed by atoms with E-state index in [9.17, 15) is 14.9 Å². The number of hydrogen-bond acceptors (Lipinski definition) is 3. The van der Waals surface area contributed by atoms with Gasteiger partial charge < -0.3 is 0 Å². The van der Waals surface area contributed by atoms with Crippen molar-refractivity contribution >= 4 is 34.7 Å². The smallest absolute Gasteiger partial charge is 0.273 e. The van der Waals surface area contributed by atoms with Crippen molar-refractivity contribution in [2.75, 3.05) is 0 Å². The first-order valence-corrected chi connectivity index (χ1v) is 5.44. The molecule has 0 radical (unpaired) electrons. The summed E-state index contributed by atoms with van der Waals surface area (Å²) in [5.41, 5.74) is 0.642. The van der Waals surface area contributed by atoms with Gasteiger partial charge in [0.2, 0.25) is 0 Å². The third kappa shape index (κ3) is 2.71. The average Bonchev–Trinajstić information content (AvgIpc) is 2.26. The second kappa shape index (κ2) is 5.27. The Morgan fingerprint density at radius 1 is 1.50 bits per heavy atom. The maximum Gasteiger partial charge on any atom is 0.273 e. The van der Waals surface area contributed by atoms with E-state index < -0.39 is 15.5 Å². The summed E-state index contributed by atoms with van der Waals surface area (Å²) in [6.07, 6.45) is 0.524. The Kier molecular flexibility index (Phi) is 4.26. The van der Waals surface area contributed by atoms with Crippen LogP contribution in [0.1, 0.15) is 22.8 Å². The molecule has 0 amide bonds. The predicted molar refractivity (Wildman–Crippen MR) is 62.3 cm³/mol. The minimum Gasteiger partial charge on any atom is -0.291 e. The van der Waals surface area contributed by atoms with Crippen LogP contribution >= 0.6 is 23.2 Å². The fourth-order valence-electron chi connectivity index (χ4n) is 1.31. The van der Waals surface area contributed by atoms with Crippen LogP contribution in [-0.4, -0.2) is 15.5 Å². The molecule has 16 heavy (non-hydrogen) atoms. The Hall–Kier alpha value is -1.13. The molecule has 0 aliphatic rings. The first kappa shape index (κ1) is 12.9. The Morgan fingerprint density at radius 2 is 2.12 bits per heavy atom. The van der Waals surface area contributed by atoms with Crippen molar-refractivity contribution in [3.8, 4) is 0 Å². The van der Waals surface area contributed by atoms with Gasteiger partial charge in [0.15, 0.2) is 10.6 Å². The molecule has 0 atom stereocenters. The van der Waals surface area contributed by atoms with Crippen molar-refractivity contribution in [3.05, 3.63) is 39.4 Å². The summed E-state index contributed by atoms with van der Waals surface area (Å²) < 4.78 is 0. The van der Waals surface area contributed by atoms with E-state index in [0.29, 0.717) is 12.0 Å². The maximum atomic E-state index is 11.4. The molecule has 0 spiro atoms. The molecule has 1 rings (SSSR count). The molecule has 1 aromatic rings. The molecule has 0 aromatic heterocycles. The summed E-state index contributed by atoms with van der Waals surface area (Å²) in [4.78, 5) is 20.5. The zero-order valence-corrected chi connectivity index (χ0v) is 9.96. The summed E-state index contributed by atoms with van der Waals surface area (Å²) in [5, 5.41) is 10.8. The van der Waals surface area contributed by atoms with Crippen LogP contribution in [0.15, 0.2) is 18.2 Å². The van der Waals surface area contributed by atoms with Gasteiger partial charge in [-0.3, -0.25) is 14.9 Å². The SMILES string of the molecule is CCc1ccc(C(=O)C(Cl)Cl)cc1[N+](=O)[O-].